The summed E-state index contributed by atoms with van der Waals surface area (Å²) in [7, 11) is 0. The topological polar surface area (TPSA) is 72.9 Å². The van der Waals surface area contributed by atoms with Gasteiger partial charge in [0.05, 0.1) is 6.10 Å². The van der Waals surface area contributed by atoms with Crippen LogP contribution in [0.4, 0.5) is 11.6 Å². The second-order valence-electron chi connectivity index (χ2n) is 4.75. The number of nitrogens with zero attached hydrogens (tertiary/aromatic N) is 4. The molecule has 0 N–H and O–H groups in total. The fourth-order valence-electron chi connectivity index (χ4n) is 2.54. The number of hydrogen-bond donors (Lipinski definition) is 0. The van der Waals surface area contributed by atoms with Crippen LogP contribution in [0.1, 0.15) is 19.8 Å². The van der Waals surface area contributed by atoms with E-state index >= 15 is 0 Å². The molecule has 1 atom stereocenters. The SMILES string of the molecule is CCN(CC1CCCO1)c1nc2sccn2c1[N+](=O)[O-]. The minimum atomic E-state index is -0.361. The first-order valence-electron chi connectivity index (χ1n) is 6.67. The van der Waals surface area contributed by atoms with Gasteiger partial charge in [-0.15, -0.1) is 0 Å². The van der Waals surface area contributed by atoms with Crippen LogP contribution in [-0.2, 0) is 4.74 Å². The van der Waals surface area contributed by atoms with Crippen molar-refractivity contribution in [1.29, 1.82) is 0 Å². The summed E-state index contributed by atoms with van der Waals surface area (Å²) in [6.07, 6.45) is 3.90. The number of hydrogen-bond acceptors (Lipinski definition) is 6. The normalized spacial score (nSPS) is 18.8. The number of likely N-dealkylation sites (N-methyl/N-ethyl adjacent to an activating group) is 1. The zero-order chi connectivity index (χ0) is 14.1. The lowest BCUT2D eigenvalue weighted by atomic mass is 10.2. The zero-order valence-corrected chi connectivity index (χ0v) is 12.0. The van der Waals surface area contributed by atoms with Gasteiger partial charge >= 0.3 is 5.82 Å². The number of rotatable bonds is 5. The molecule has 1 aliphatic heterocycles. The summed E-state index contributed by atoms with van der Waals surface area (Å²) in [6.45, 7) is 4.09. The number of aromatic nitrogens is 2. The molecule has 1 aliphatic rings. The molecule has 0 bridgehead atoms. The molecule has 0 amide bonds. The molecule has 3 rings (SSSR count). The molecule has 0 radical (unpaired) electrons. The minimum Gasteiger partial charge on any atom is -0.376 e. The van der Waals surface area contributed by atoms with Gasteiger partial charge < -0.3 is 19.8 Å². The highest BCUT2D eigenvalue weighted by Crippen LogP contribution is 2.31. The van der Waals surface area contributed by atoms with E-state index < -0.39 is 0 Å². The van der Waals surface area contributed by atoms with Crippen molar-refractivity contribution in [2.75, 3.05) is 24.6 Å². The van der Waals surface area contributed by atoms with Crippen LogP contribution in [0.3, 0.4) is 0 Å². The number of fused-ring (bicyclic) bond motifs is 1. The molecule has 2 aromatic heterocycles. The van der Waals surface area contributed by atoms with Crippen molar-refractivity contribution in [3.8, 4) is 0 Å². The summed E-state index contributed by atoms with van der Waals surface area (Å²) < 4.78 is 7.16. The molecule has 1 saturated heterocycles. The molecule has 1 unspecified atom stereocenters. The predicted octanol–water partition coefficient (Wildman–Crippen LogP) is 2.31. The van der Waals surface area contributed by atoms with Crippen molar-refractivity contribution >= 4 is 27.9 Å². The Labute approximate surface area is 119 Å². The van der Waals surface area contributed by atoms with E-state index in [-0.39, 0.29) is 16.8 Å². The summed E-state index contributed by atoms with van der Waals surface area (Å²) in [6, 6.07) is 0. The quantitative estimate of drug-likeness (QED) is 0.625. The van der Waals surface area contributed by atoms with Gasteiger partial charge in [-0.3, -0.25) is 0 Å². The van der Waals surface area contributed by atoms with Crippen LogP contribution in [0.5, 0.6) is 0 Å². The molecule has 0 spiro atoms. The van der Waals surface area contributed by atoms with Gasteiger partial charge in [0.15, 0.2) is 0 Å². The van der Waals surface area contributed by atoms with Gasteiger partial charge in [0, 0.05) is 25.1 Å². The van der Waals surface area contributed by atoms with Crippen molar-refractivity contribution in [3.05, 3.63) is 21.7 Å². The Bertz CT molecular complexity index is 617. The summed E-state index contributed by atoms with van der Waals surface area (Å²) in [5.41, 5.74) is 0. The van der Waals surface area contributed by atoms with Gasteiger partial charge in [-0.05, 0) is 24.7 Å². The molecule has 2 aromatic rings. The molecule has 108 valence electrons. The Hall–Kier alpha value is -1.67. The van der Waals surface area contributed by atoms with E-state index in [1.807, 2.05) is 11.8 Å². The van der Waals surface area contributed by atoms with Crippen LogP contribution in [0, 0.1) is 10.1 Å². The summed E-state index contributed by atoms with van der Waals surface area (Å²) in [5.74, 6) is 0.487. The van der Waals surface area contributed by atoms with Gasteiger partial charge in [-0.25, -0.2) is 0 Å². The third-order valence-corrected chi connectivity index (χ3v) is 4.28. The zero-order valence-electron chi connectivity index (χ0n) is 11.2. The first-order chi connectivity index (χ1) is 9.70. The van der Waals surface area contributed by atoms with Crippen LogP contribution in [0.2, 0.25) is 0 Å². The highest BCUT2D eigenvalue weighted by Gasteiger charge is 2.29. The molecule has 1 fully saturated rings. The summed E-state index contributed by atoms with van der Waals surface area (Å²) >= 11 is 1.40. The Balaban J connectivity index is 1.95. The lowest BCUT2D eigenvalue weighted by Gasteiger charge is -2.23. The first kappa shape index (κ1) is 13.3. The van der Waals surface area contributed by atoms with E-state index in [0.717, 1.165) is 19.4 Å². The Morgan fingerprint density at radius 3 is 3.20 bits per heavy atom. The van der Waals surface area contributed by atoms with Gasteiger partial charge in [0.2, 0.25) is 5.82 Å². The molecule has 20 heavy (non-hydrogen) atoms. The first-order valence-corrected chi connectivity index (χ1v) is 7.55. The van der Waals surface area contributed by atoms with Gasteiger partial charge in [0.25, 0.3) is 4.96 Å². The lowest BCUT2D eigenvalue weighted by Crippen LogP contribution is -2.32. The molecule has 0 saturated carbocycles. The fourth-order valence-corrected chi connectivity index (χ4v) is 3.25. The second kappa shape index (κ2) is 5.37. The standard InChI is InChI=1S/C12H16N4O3S/c1-2-14(8-9-4-3-6-19-9)10-11(16(17)18)15-5-7-20-12(15)13-10/h5,7,9H,2-4,6,8H2,1H3. The van der Waals surface area contributed by atoms with Gasteiger partial charge in [-0.2, -0.15) is 9.38 Å². The number of imidazole rings is 1. The number of thiazole rings is 1. The van der Waals surface area contributed by atoms with Gasteiger partial charge in [0.1, 0.15) is 6.20 Å². The minimum absolute atomic E-state index is 0.0427. The molecule has 8 heteroatoms. The van der Waals surface area contributed by atoms with Crippen molar-refractivity contribution in [2.45, 2.75) is 25.9 Å². The smallest absolute Gasteiger partial charge is 0.373 e. The number of nitro groups is 1. The maximum absolute atomic E-state index is 11.3. The van der Waals surface area contributed by atoms with Crippen molar-refractivity contribution < 1.29 is 9.66 Å². The largest absolute Gasteiger partial charge is 0.376 e. The fraction of sp³-hybridized carbons (Fsp3) is 0.583. The second-order valence-corrected chi connectivity index (χ2v) is 5.62. The molecule has 7 nitrogen and oxygen atoms in total. The summed E-state index contributed by atoms with van der Waals surface area (Å²) in [5, 5.41) is 13.1. The van der Waals surface area contributed by atoms with Crippen LogP contribution in [0.15, 0.2) is 11.6 Å². The van der Waals surface area contributed by atoms with Crippen molar-refractivity contribution in [2.24, 2.45) is 0 Å². The molecule has 0 aromatic carbocycles. The van der Waals surface area contributed by atoms with Crippen LogP contribution in [0.25, 0.3) is 4.96 Å². The molecule has 3 heterocycles. The third-order valence-electron chi connectivity index (χ3n) is 3.52. The molecule has 0 aliphatic carbocycles. The average molecular weight is 296 g/mol. The van der Waals surface area contributed by atoms with E-state index in [2.05, 4.69) is 4.98 Å². The van der Waals surface area contributed by atoms with E-state index in [1.165, 1.54) is 15.7 Å². The Morgan fingerprint density at radius 2 is 2.55 bits per heavy atom. The van der Waals surface area contributed by atoms with Crippen LogP contribution < -0.4 is 4.90 Å². The van der Waals surface area contributed by atoms with Crippen LogP contribution in [-0.4, -0.2) is 40.1 Å². The molecular formula is C12H16N4O3S. The number of ether oxygens (including phenoxy) is 1. The monoisotopic (exact) mass is 296 g/mol. The van der Waals surface area contributed by atoms with Crippen molar-refractivity contribution in [1.82, 2.24) is 9.38 Å². The van der Waals surface area contributed by atoms with E-state index in [9.17, 15) is 10.1 Å². The highest BCUT2D eigenvalue weighted by molar-refractivity contribution is 7.15. The summed E-state index contributed by atoms with van der Waals surface area (Å²) in [4.78, 5) is 18.0. The lowest BCUT2D eigenvalue weighted by molar-refractivity contribution is -0.389. The third kappa shape index (κ3) is 2.25. The predicted molar refractivity (Wildman–Crippen MR) is 76.6 cm³/mol. The van der Waals surface area contributed by atoms with E-state index in [4.69, 9.17) is 4.74 Å². The van der Waals surface area contributed by atoms with Crippen LogP contribution >= 0.6 is 11.3 Å². The number of anilines is 1. The van der Waals surface area contributed by atoms with E-state index in [0.29, 0.717) is 23.9 Å². The Morgan fingerprint density at radius 1 is 1.70 bits per heavy atom. The van der Waals surface area contributed by atoms with E-state index in [1.54, 1.807) is 11.6 Å². The maximum atomic E-state index is 11.3. The van der Waals surface area contributed by atoms with Crippen molar-refractivity contribution in [3.63, 3.8) is 0 Å². The highest BCUT2D eigenvalue weighted by atomic mass is 32.1. The van der Waals surface area contributed by atoms with Gasteiger partial charge in [-0.1, -0.05) is 11.3 Å². The molecular weight excluding hydrogens is 280 g/mol. The maximum Gasteiger partial charge on any atom is 0.373 e. The Kier molecular flexibility index (Phi) is 3.58. The average Bonchev–Trinajstić information content (AvgIpc) is 3.11.